The zero-order valence-electron chi connectivity index (χ0n) is 12.8. The molecule has 120 valence electrons. The van der Waals surface area contributed by atoms with Crippen molar-refractivity contribution in [1.82, 2.24) is 24.8 Å². The normalized spacial score (nSPS) is 21.1. The van der Waals surface area contributed by atoms with Gasteiger partial charge >= 0.3 is 0 Å². The molecule has 1 aliphatic heterocycles. The van der Waals surface area contributed by atoms with Crippen molar-refractivity contribution in [2.75, 3.05) is 13.2 Å². The highest BCUT2D eigenvalue weighted by Gasteiger charge is 2.26. The Kier molecular flexibility index (Phi) is 5.50. The molecular formula is C15H22ClN5O. The molecule has 0 unspecified atom stereocenters. The summed E-state index contributed by atoms with van der Waals surface area (Å²) in [6, 6.07) is 2.37. The van der Waals surface area contributed by atoms with Crippen molar-refractivity contribution < 1.29 is 5.11 Å². The van der Waals surface area contributed by atoms with E-state index in [1.54, 1.807) is 12.4 Å². The van der Waals surface area contributed by atoms with E-state index in [1.807, 2.05) is 12.3 Å². The molecule has 0 bridgehead atoms. The second kappa shape index (κ2) is 7.17. The van der Waals surface area contributed by atoms with Gasteiger partial charge in [0.1, 0.15) is 11.5 Å². The first-order valence-corrected chi connectivity index (χ1v) is 7.39. The van der Waals surface area contributed by atoms with E-state index in [2.05, 4.69) is 38.7 Å². The van der Waals surface area contributed by atoms with Gasteiger partial charge in [-0.1, -0.05) is 13.8 Å². The van der Waals surface area contributed by atoms with Crippen LogP contribution in [0.5, 0.6) is 0 Å². The molecule has 0 spiro atoms. The number of hydrogen-bond acceptors (Lipinski definition) is 5. The van der Waals surface area contributed by atoms with Gasteiger partial charge in [-0.3, -0.25) is 0 Å². The molecule has 3 rings (SSSR count). The molecule has 1 aliphatic rings. The number of aromatic nitrogens is 4. The third-order valence-electron chi connectivity index (χ3n) is 3.90. The number of rotatable bonds is 4. The van der Waals surface area contributed by atoms with E-state index in [-0.39, 0.29) is 25.1 Å². The molecule has 22 heavy (non-hydrogen) atoms. The summed E-state index contributed by atoms with van der Waals surface area (Å²) in [6.07, 6.45) is 6.49. The second-order valence-electron chi connectivity index (χ2n) is 5.79. The third-order valence-corrected chi connectivity index (χ3v) is 3.90. The van der Waals surface area contributed by atoms with Gasteiger partial charge in [0.2, 0.25) is 0 Å². The van der Waals surface area contributed by atoms with Crippen LogP contribution in [-0.2, 0) is 0 Å². The Hall–Kier alpha value is -1.50. The zero-order valence-corrected chi connectivity index (χ0v) is 13.6. The summed E-state index contributed by atoms with van der Waals surface area (Å²) >= 11 is 0. The van der Waals surface area contributed by atoms with Crippen LogP contribution in [0.4, 0.5) is 0 Å². The first-order valence-electron chi connectivity index (χ1n) is 7.39. The van der Waals surface area contributed by atoms with E-state index in [1.165, 1.54) is 0 Å². The van der Waals surface area contributed by atoms with Crippen LogP contribution in [0.25, 0.3) is 11.5 Å². The number of imidazole rings is 1. The van der Waals surface area contributed by atoms with E-state index in [0.29, 0.717) is 12.0 Å². The molecule has 0 radical (unpaired) electrons. The molecule has 7 heteroatoms. The highest BCUT2D eigenvalue weighted by atomic mass is 35.5. The smallest absolute Gasteiger partial charge is 0.159 e. The number of halogens is 1. The molecule has 1 saturated heterocycles. The van der Waals surface area contributed by atoms with Gasteiger partial charge < -0.3 is 15.0 Å². The molecule has 2 aromatic heterocycles. The number of aliphatic hydroxyl groups is 1. The van der Waals surface area contributed by atoms with Gasteiger partial charge in [0.15, 0.2) is 5.82 Å². The first-order chi connectivity index (χ1) is 10.2. The summed E-state index contributed by atoms with van der Waals surface area (Å²) in [5.41, 5.74) is 0.853. The Bertz CT molecular complexity index is 615. The lowest BCUT2D eigenvalue weighted by molar-refractivity contribution is 0.253. The SMILES string of the molecule is CC(C)c1nccc(-c2nccn2[C@@H]2CN[C@@H](CO)C2)n1.Cl. The van der Waals surface area contributed by atoms with Crippen LogP contribution in [0, 0.1) is 0 Å². The molecule has 1 fully saturated rings. The first kappa shape index (κ1) is 16.9. The number of aliphatic hydroxyl groups excluding tert-OH is 1. The molecular weight excluding hydrogens is 302 g/mol. The van der Waals surface area contributed by atoms with Crippen molar-refractivity contribution in [2.45, 2.75) is 38.3 Å². The molecule has 3 heterocycles. The largest absolute Gasteiger partial charge is 0.395 e. The van der Waals surface area contributed by atoms with Crippen LogP contribution in [0.2, 0.25) is 0 Å². The van der Waals surface area contributed by atoms with Crippen molar-refractivity contribution in [2.24, 2.45) is 0 Å². The van der Waals surface area contributed by atoms with Crippen LogP contribution >= 0.6 is 12.4 Å². The summed E-state index contributed by atoms with van der Waals surface area (Å²) < 4.78 is 2.15. The minimum Gasteiger partial charge on any atom is -0.395 e. The van der Waals surface area contributed by atoms with Gasteiger partial charge in [-0.25, -0.2) is 15.0 Å². The van der Waals surface area contributed by atoms with E-state index in [9.17, 15) is 5.11 Å². The van der Waals surface area contributed by atoms with Crippen LogP contribution in [0.15, 0.2) is 24.7 Å². The van der Waals surface area contributed by atoms with E-state index in [0.717, 1.165) is 30.3 Å². The standard InChI is InChI=1S/C15H21N5O.ClH/c1-10(2)14-16-4-3-13(19-14)15-17-5-6-20(15)12-7-11(9-21)18-8-12;/h3-6,10-12,18,21H,7-9H2,1-2H3;1H/t11-,12+;/m1./s1. The van der Waals surface area contributed by atoms with Crippen LogP contribution in [-0.4, -0.2) is 43.8 Å². The molecule has 0 amide bonds. The Morgan fingerprint density at radius 1 is 1.36 bits per heavy atom. The Morgan fingerprint density at radius 2 is 2.18 bits per heavy atom. The molecule has 2 aromatic rings. The molecule has 0 saturated carbocycles. The fraction of sp³-hybridized carbons (Fsp3) is 0.533. The number of nitrogens with one attached hydrogen (secondary N) is 1. The van der Waals surface area contributed by atoms with Crippen molar-refractivity contribution in [1.29, 1.82) is 0 Å². The summed E-state index contributed by atoms with van der Waals surface area (Å²) in [5, 5.41) is 12.6. The summed E-state index contributed by atoms with van der Waals surface area (Å²) in [6.45, 7) is 5.18. The maximum absolute atomic E-state index is 9.26. The maximum atomic E-state index is 9.26. The van der Waals surface area contributed by atoms with E-state index >= 15 is 0 Å². The maximum Gasteiger partial charge on any atom is 0.159 e. The fourth-order valence-corrected chi connectivity index (χ4v) is 2.73. The summed E-state index contributed by atoms with van der Waals surface area (Å²) in [7, 11) is 0. The van der Waals surface area contributed by atoms with Crippen LogP contribution in [0.3, 0.4) is 0 Å². The highest BCUT2D eigenvalue weighted by molar-refractivity contribution is 5.85. The van der Waals surface area contributed by atoms with Crippen LogP contribution in [0.1, 0.15) is 38.1 Å². The van der Waals surface area contributed by atoms with Crippen molar-refractivity contribution in [3.63, 3.8) is 0 Å². The molecule has 0 aliphatic carbocycles. The lowest BCUT2D eigenvalue weighted by atomic mass is 10.1. The Labute approximate surface area is 136 Å². The minimum atomic E-state index is 0. The number of nitrogens with zero attached hydrogens (tertiary/aromatic N) is 4. The topological polar surface area (TPSA) is 75.9 Å². The van der Waals surface area contributed by atoms with E-state index in [4.69, 9.17) is 0 Å². The van der Waals surface area contributed by atoms with E-state index < -0.39 is 0 Å². The minimum absolute atomic E-state index is 0. The predicted octanol–water partition coefficient (Wildman–Crippen LogP) is 1.78. The third kappa shape index (κ3) is 3.29. The Morgan fingerprint density at radius 3 is 2.86 bits per heavy atom. The molecule has 2 atom stereocenters. The quantitative estimate of drug-likeness (QED) is 0.897. The molecule has 0 aromatic carbocycles. The lowest BCUT2D eigenvalue weighted by Gasteiger charge is -2.15. The van der Waals surface area contributed by atoms with Gasteiger partial charge in [-0.2, -0.15) is 0 Å². The second-order valence-corrected chi connectivity index (χ2v) is 5.79. The van der Waals surface area contributed by atoms with Gasteiger partial charge in [0.25, 0.3) is 0 Å². The van der Waals surface area contributed by atoms with Crippen molar-refractivity contribution in [3.8, 4) is 11.5 Å². The van der Waals surface area contributed by atoms with Crippen molar-refractivity contribution >= 4 is 12.4 Å². The fourth-order valence-electron chi connectivity index (χ4n) is 2.73. The van der Waals surface area contributed by atoms with Gasteiger partial charge in [0.05, 0.1) is 6.61 Å². The van der Waals surface area contributed by atoms with Gasteiger partial charge in [0, 0.05) is 43.1 Å². The van der Waals surface area contributed by atoms with Crippen LogP contribution < -0.4 is 5.32 Å². The summed E-state index contributed by atoms with van der Waals surface area (Å²) in [4.78, 5) is 13.4. The van der Waals surface area contributed by atoms with Gasteiger partial charge in [-0.15, -0.1) is 12.4 Å². The number of hydrogen-bond donors (Lipinski definition) is 2. The zero-order chi connectivity index (χ0) is 14.8. The predicted molar refractivity (Wildman–Crippen MR) is 87.1 cm³/mol. The Balaban J connectivity index is 0.00000176. The monoisotopic (exact) mass is 323 g/mol. The molecule has 6 nitrogen and oxygen atoms in total. The van der Waals surface area contributed by atoms with Gasteiger partial charge in [-0.05, 0) is 12.5 Å². The highest BCUT2D eigenvalue weighted by Crippen LogP contribution is 2.26. The lowest BCUT2D eigenvalue weighted by Crippen LogP contribution is -2.24. The average Bonchev–Trinajstić information content (AvgIpc) is 3.15. The molecule has 2 N–H and O–H groups in total. The summed E-state index contributed by atoms with van der Waals surface area (Å²) in [5.74, 6) is 1.99. The average molecular weight is 324 g/mol. The van der Waals surface area contributed by atoms with Crippen molar-refractivity contribution in [3.05, 3.63) is 30.5 Å².